The Morgan fingerprint density at radius 2 is 2.38 bits per heavy atom. The van der Waals surface area contributed by atoms with E-state index in [1.165, 1.54) is 22.8 Å². The van der Waals surface area contributed by atoms with Gasteiger partial charge in [-0.25, -0.2) is 0 Å². The number of thioether (sulfide) groups is 1. The van der Waals surface area contributed by atoms with E-state index in [0.29, 0.717) is 0 Å². The Morgan fingerprint density at radius 1 is 1.46 bits per heavy atom. The van der Waals surface area contributed by atoms with Crippen LogP contribution in [-0.2, 0) is 6.54 Å². The van der Waals surface area contributed by atoms with Gasteiger partial charge in [-0.15, -0.1) is 11.8 Å². The average molecular weight is 196 g/mol. The number of hydrogen-bond acceptors (Lipinski definition) is 2. The molecular formula is C10H14NOS+. The predicted molar refractivity (Wildman–Crippen MR) is 54.2 cm³/mol. The van der Waals surface area contributed by atoms with Gasteiger partial charge < -0.3 is 10.1 Å². The molecule has 70 valence electrons. The zero-order valence-corrected chi connectivity index (χ0v) is 8.56. The van der Waals surface area contributed by atoms with E-state index in [4.69, 9.17) is 4.74 Å². The van der Waals surface area contributed by atoms with Crippen molar-refractivity contribution in [3.8, 4) is 5.75 Å². The zero-order chi connectivity index (χ0) is 9.10. The number of fused-ring (bicyclic) bond motifs is 1. The molecule has 3 heteroatoms. The van der Waals surface area contributed by atoms with Crippen LogP contribution in [0.15, 0.2) is 23.1 Å². The maximum Gasteiger partial charge on any atom is 0.119 e. The Kier molecular flexibility index (Phi) is 2.76. The van der Waals surface area contributed by atoms with Crippen molar-refractivity contribution in [2.45, 2.75) is 11.4 Å². The minimum Gasteiger partial charge on any atom is -0.497 e. The normalized spacial score (nSPS) is 16.1. The number of rotatable bonds is 1. The molecule has 2 rings (SSSR count). The number of quaternary nitrogens is 1. The SMILES string of the molecule is COc1ccc2c(c1)C[NH2+]CCS2. The first-order valence-corrected chi connectivity index (χ1v) is 5.50. The first-order chi connectivity index (χ1) is 6.40. The van der Waals surface area contributed by atoms with E-state index in [1.54, 1.807) is 7.11 Å². The quantitative estimate of drug-likeness (QED) is 0.721. The van der Waals surface area contributed by atoms with Crippen molar-refractivity contribution in [2.24, 2.45) is 0 Å². The van der Waals surface area contributed by atoms with E-state index in [-0.39, 0.29) is 0 Å². The molecule has 0 bridgehead atoms. The van der Waals surface area contributed by atoms with Gasteiger partial charge in [0.05, 0.1) is 13.7 Å². The molecule has 0 fully saturated rings. The van der Waals surface area contributed by atoms with Crippen LogP contribution < -0.4 is 10.1 Å². The lowest BCUT2D eigenvalue weighted by Crippen LogP contribution is -2.82. The molecule has 1 aromatic carbocycles. The lowest BCUT2D eigenvalue weighted by molar-refractivity contribution is -0.666. The van der Waals surface area contributed by atoms with Gasteiger partial charge >= 0.3 is 0 Å². The fourth-order valence-corrected chi connectivity index (χ4v) is 2.49. The van der Waals surface area contributed by atoms with Crippen LogP contribution in [0.4, 0.5) is 0 Å². The summed E-state index contributed by atoms with van der Waals surface area (Å²) in [5.74, 6) is 2.17. The number of benzene rings is 1. The Balaban J connectivity index is 2.32. The third-order valence-corrected chi connectivity index (χ3v) is 3.36. The van der Waals surface area contributed by atoms with Crippen LogP contribution in [0.3, 0.4) is 0 Å². The van der Waals surface area contributed by atoms with Gasteiger partial charge in [-0.1, -0.05) is 0 Å². The monoisotopic (exact) mass is 196 g/mol. The number of hydrogen-bond donors (Lipinski definition) is 1. The summed E-state index contributed by atoms with van der Waals surface area (Å²) in [4.78, 5) is 1.41. The van der Waals surface area contributed by atoms with Crippen LogP contribution >= 0.6 is 11.8 Å². The topological polar surface area (TPSA) is 25.8 Å². The van der Waals surface area contributed by atoms with Crippen molar-refractivity contribution in [1.29, 1.82) is 0 Å². The number of nitrogens with two attached hydrogens (primary N) is 1. The standard InChI is InChI=1S/C10H13NOS/c1-12-9-2-3-10-8(6-9)7-11-4-5-13-10/h2-3,6,11H,4-5,7H2,1H3/p+1. The van der Waals surface area contributed by atoms with E-state index in [2.05, 4.69) is 17.4 Å². The van der Waals surface area contributed by atoms with E-state index in [9.17, 15) is 0 Å². The molecule has 1 aromatic rings. The lowest BCUT2D eigenvalue weighted by atomic mass is 10.2. The van der Waals surface area contributed by atoms with Crippen LogP contribution in [0, 0.1) is 0 Å². The van der Waals surface area contributed by atoms with Crippen molar-refractivity contribution < 1.29 is 10.1 Å². The first kappa shape index (κ1) is 8.91. The molecule has 0 atom stereocenters. The summed E-state index contributed by atoms with van der Waals surface area (Å²) in [5.41, 5.74) is 1.40. The first-order valence-electron chi connectivity index (χ1n) is 4.51. The van der Waals surface area contributed by atoms with Crippen molar-refractivity contribution in [1.82, 2.24) is 0 Å². The summed E-state index contributed by atoms with van der Waals surface area (Å²) in [7, 11) is 1.72. The molecule has 1 aliphatic rings. The van der Waals surface area contributed by atoms with Crippen molar-refractivity contribution in [2.75, 3.05) is 19.4 Å². The summed E-state index contributed by atoms with van der Waals surface area (Å²) in [6.07, 6.45) is 0. The number of ether oxygens (including phenoxy) is 1. The lowest BCUT2D eigenvalue weighted by Gasteiger charge is -2.05. The largest absolute Gasteiger partial charge is 0.497 e. The molecule has 0 amide bonds. The molecule has 0 aliphatic carbocycles. The minimum absolute atomic E-state index is 0.967. The van der Waals surface area contributed by atoms with E-state index < -0.39 is 0 Å². The van der Waals surface area contributed by atoms with Crippen LogP contribution in [0.1, 0.15) is 5.56 Å². The summed E-state index contributed by atoms with van der Waals surface area (Å²) in [5, 5.41) is 2.35. The second-order valence-electron chi connectivity index (χ2n) is 3.10. The third-order valence-electron chi connectivity index (χ3n) is 2.21. The fourth-order valence-electron chi connectivity index (χ4n) is 1.49. The summed E-state index contributed by atoms with van der Waals surface area (Å²) < 4.78 is 5.20. The van der Waals surface area contributed by atoms with Gasteiger partial charge in [-0.3, -0.25) is 0 Å². The maximum atomic E-state index is 5.20. The Morgan fingerprint density at radius 3 is 3.23 bits per heavy atom. The molecule has 13 heavy (non-hydrogen) atoms. The summed E-state index contributed by atoms with van der Waals surface area (Å²) in [6.45, 7) is 2.29. The third kappa shape index (κ3) is 1.98. The smallest absolute Gasteiger partial charge is 0.119 e. The molecular weight excluding hydrogens is 182 g/mol. The summed E-state index contributed by atoms with van der Waals surface area (Å²) >= 11 is 1.94. The number of methoxy groups -OCH3 is 1. The molecule has 2 N–H and O–H groups in total. The Hall–Kier alpha value is -0.670. The second kappa shape index (κ2) is 4.03. The van der Waals surface area contributed by atoms with Gasteiger partial charge in [0.2, 0.25) is 0 Å². The Labute approximate surface area is 82.7 Å². The average Bonchev–Trinajstić information content (AvgIpc) is 2.41. The minimum atomic E-state index is 0.967. The fraction of sp³-hybridized carbons (Fsp3) is 0.400. The van der Waals surface area contributed by atoms with E-state index >= 15 is 0 Å². The molecule has 0 aromatic heterocycles. The van der Waals surface area contributed by atoms with Gasteiger partial charge in [-0.05, 0) is 18.2 Å². The van der Waals surface area contributed by atoms with Crippen molar-refractivity contribution in [3.05, 3.63) is 23.8 Å². The molecule has 0 spiro atoms. The maximum absolute atomic E-state index is 5.20. The van der Waals surface area contributed by atoms with Gasteiger partial charge in [0.15, 0.2) is 0 Å². The van der Waals surface area contributed by atoms with Crippen LogP contribution in [0.2, 0.25) is 0 Å². The van der Waals surface area contributed by atoms with Crippen LogP contribution in [-0.4, -0.2) is 19.4 Å². The van der Waals surface area contributed by atoms with Crippen LogP contribution in [0.5, 0.6) is 5.75 Å². The second-order valence-corrected chi connectivity index (χ2v) is 4.24. The Bertz CT molecular complexity index is 301. The molecule has 1 heterocycles. The van der Waals surface area contributed by atoms with Crippen molar-refractivity contribution >= 4 is 11.8 Å². The molecule has 0 saturated heterocycles. The molecule has 2 nitrogen and oxygen atoms in total. The highest BCUT2D eigenvalue weighted by molar-refractivity contribution is 7.99. The van der Waals surface area contributed by atoms with Gasteiger partial charge in [0, 0.05) is 16.2 Å². The highest BCUT2D eigenvalue weighted by Gasteiger charge is 2.10. The molecule has 1 aliphatic heterocycles. The molecule has 0 unspecified atom stereocenters. The predicted octanol–water partition coefficient (Wildman–Crippen LogP) is 0.864. The zero-order valence-electron chi connectivity index (χ0n) is 7.75. The van der Waals surface area contributed by atoms with Crippen molar-refractivity contribution in [3.63, 3.8) is 0 Å². The van der Waals surface area contributed by atoms with Gasteiger partial charge in [-0.2, -0.15) is 0 Å². The van der Waals surface area contributed by atoms with Gasteiger partial charge in [0.25, 0.3) is 0 Å². The highest BCUT2D eigenvalue weighted by Crippen LogP contribution is 2.26. The highest BCUT2D eigenvalue weighted by atomic mass is 32.2. The van der Waals surface area contributed by atoms with E-state index in [0.717, 1.165) is 12.3 Å². The van der Waals surface area contributed by atoms with Crippen LogP contribution in [0.25, 0.3) is 0 Å². The molecule has 0 radical (unpaired) electrons. The molecule has 0 saturated carbocycles. The van der Waals surface area contributed by atoms with E-state index in [1.807, 2.05) is 17.8 Å². The summed E-state index contributed by atoms with van der Waals surface area (Å²) in [6, 6.07) is 6.35. The van der Waals surface area contributed by atoms with Gasteiger partial charge in [0.1, 0.15) is 12.3 Å².